The predicted molar refractivity (Wildman–Crippen MR) is 97.2 cm³/mol. The summed E-state index contributed by atoms with van der Waals surface area (Å²) in [5.74, 6) is -1.58. The van der Waals surface area contributed by atoms with Gasteiger partial charge in [0.15, 0.2) is 0 Å². The number of non-ortho nitro benzene ring substituents is 1. The molecule has 2 amide bonds. The summed E-state index contributed by atoms with van der Waals surface area (Å²) in [6, 6.07) is 2.21. The fraction of sp³-hybridized carbons (Fsp3) is 0.353. The van der Waals surface area contributed by atoms with Gasteiger partial charge in [-0.2, -0.15) is 0 Å². The van der Waals surface area contributed by atoms with Gasteiger partial charge in [0.05, 0.1) is 34.4 Å². The van der Waals surface area contributed by atoms with Gasteiger partial charge in [-0.1, -0.05) is 6.92 Å². The maximum Gasteiger partial charge on any atom is 0.340 e. The molecular formula is C17H20N4O7. The minimum Gasteiger partial charge on any atom is -0.463 e. The minimum atomic E-state index is -0.933. The molecule has 0 saturated carbocycles. The number of nitrogen functional groups attached to an aromatic ring is 1. The van der Waals surface area contributed by atoms with E-state index in [9.17, 15) is 24.5 Å². The van der Waals surface area contributed by atoms with Gasteiger partial charge in [0.25, 0.3) is 5.69 Å². The Morgan fingerprint density at radius 3 is 2.57 bits per heavy atom. The largest absolute Gasteiger partial charge is 0.463 e. The van der Waals surface area contributed by atoms with Gasteiger partial charge in [0, 0.05) is 17.8 Å². The van der Waals surface area contributed by atoms with Crippen molar-refractivity contribution in [3.05, 3.63) is 45.1 Å². The number of anilines is 1. The highest BCUT2D eigenvalue weighted by Crippen LogP contribution is 2.22. The molecule has 0 spiro atoms. The van der Waals surface area contributed by atoms with Crippen molar-refractivity contribution in [3.63, 3.8) is 0 Å². The van der Waals surface area contributed by atoms with Gasteiger partial charge in [0.2, 0.25) is 0 Å². The number of nitro groups is 1. The van der Waals surface area contributed by atoms with E-state index in [1.54, 1.807) is 13.8 Å². The first-order valence-electron chi connectivity index (χ1n) is 8.47. The highest BCUT2D eigenvalue weighted by atomic mass is 16.6. The lowest BCUT2D eigenvalue weighted by molar-refractivity contribution is -0.384. The Balaban J connectivity index is 2.27. The molecule has 1 aromatic rings. The quantitative estimate of drug-likeness (QED) is 0.270. The van der Waals surface area contributed by atoms with Gasteiger partial charge < -0.3 is 25.8 Å². The molecule has 0 fully saturated rings. The molecule has 1 aliphatic heterocycles. The summed E-state index contributed by atoms with van der Waals surface area (Å²) in [6.45, 7) is 3.09. The van der Waals surface area contributed by atoms with Crippen LogP contribution in [0.5, 0.6) is 0 Å². The number of urea groups is 1. The molecule has 28 heavy (non-hydrogen) atoms. The fourth-order valence-corrected chi connectivity index (χ4v) is 2.63. The summed E-state index contributed by atoms with van der Waals surface area (Å²) < 4.78 is 10.1. The summed E-state index contributed by atoms with van der Waals surface area (Å²) in [5, 5.41) is 15.9. The molecule has 1 aromatic carbocycles. The molecule has 11 heteroatoms. The van der Waals surface area contributed by atoms with Crippen molar-refractivity contribution < 1.29 is 28.8 Å². The van der Waals surface area contributed by atoms with E-state index in [0.717, 1.165) is 12.1 Å². The van der Waals surface area contributed by atoms with Gasteiger partial charge in [-0.15, -0.1) is 0 Å². The normalized spacial score (nSPS) is 16.1. The van der Waals surface area contributed by atoms with Crippen LogP contribution in [0.25, 0.3) is 0 Å². The smallest absolute Gasteiger partial charge is 0.340 e. The number of ether oxygens (including phenoxy) is 2. The first-order valence-corrected chi connectivity index (χ1v) is 8.47. The number of hydrogen-bond donors (Lipinski definition) is 3. The molecule has 2 rings (SSSR count). The second kappa shape index (κ2) is 8.84. The third-order valence-electron chi connectivity index (χ3n) is 3.96. The zero-order valence-electron chi connectivity index (χ0n) is 15.3. The van der Waals surface area contributed by atoms with Crippen molar-refractivity contribution in [2.75, 3.05) is 18.9 Å². The van der Waals surface area contributed by atoms with Crippen molar-refractivity contribution in [2.24, 2.45) is 0 Å². The minimum absolute atomic E-state index is 0.00373. The molecule has 1 atom stereocenters. The van der Waals surface area contributed by atoms with E-state index in [1.807, 2.05) is 0 Å². The number of nitrogens with zero attached hydrogens (tertiary/aromatic N) is 1. The summed E-state index contributed by atoms with van der Waals surface area (Å²) in [6.07, 6.45) is 0.414. The number of nitrogens with two attached hydrogens (primary N) is 1. The Bertz CT molecular complexity index is 850. The zero-order valence-corrected chi connectivity index (χ0v) is 15.3. The number of carbonyl (C=O) groups excluding carboxylic acids is 3. The van der Waals surface area contributed by atoms with Gasteiger partial charge in [-0.05, 0) is 19.4 Å². The average molecular weight is 392 g/mol. The molecule has 11 nitrogen and oxygen atoms in total. The van der Waals surface area contributed by atoms with E-state index < -0.39 is 35.5 Å². The van der Waals surface area contributed by atoms with Crippen molar-refractivity contribution in [2.45, 2.75) is 26.3 Å². The lowest BCUT2D eigenvalue weighted by atomic mass is 10.0. The molecule has 0 bridgehead atoms. The van der Waals surface area contributed by atoms with Crippen LogP contribution in [0.3, 0.4) is 0 Å². The van der Waals surface area contributed by atoms with Gasteiger partial charge in [0.1, 0.15) is 6.61 Å². The number of rotatable bonds is 7. The molecule has 150 valence electrons. The summed E-state index contributed by atoms with van der Waals surface area (Å²) in [7, 11) is 0. The van der Waals surface area contributed by atoms with Crippen LogP contribution in [-0.4, -0.2) is 42.1 Å². The van der Waals surface area contributed by atoms with E-state index in [1.165, 1.54) is 6.07 Å². The van der Waals surface area contributed by atoms with Crippen molar-refractivity contribution in [1.29, 1.82) is 0 Å². The second-order valence-corrected chi connectivity index (χ2v) is 5.78. The maximum atomic E-state index is 12.3. The summed E-state index contributed by atoms with van der Waals surface area (Å²) in [4.78, 5) is 46.6. The highest BCUT2D eigenvalue weighted by Gasteiger charge is 2.32. The predicted octanol–water partition coefficient (Wildman–Crippen LogP) is 1.24. The Kier molecular flexibility index (Phi) is 6.53. The molecule has 0 radical (unpaired) electrons. The first kappa shape index (κ1) is 20.7. The number of hydrogen-bond acceptors (Lipinski definition) is 8. The lowest BCUT2D eigenvalue weighted by Gasteiger charge is -2.28. The Hall–Kier alpha value is -3.63. The van der Waals surface area contributed by atoms with Crippen LogP contribution in [0.15, 0.2) is 29.5 Å². The van der Waals surface area contributed by atoms with Crippen LogP contribution >= 0.6 is 0 Å². The van der Waals surface area contributed by atoms with Gasteiger partial charge in [-0.3, -0.25) is 10.1 Å². The van der Waals surface area contributed by atoms with E-state index in [-0.39, 0.29) is 34.8 Å². The first-order chi connectivity index (χ1) is 13.3. The second-order valence-electron chi connectivity index (χ2n) is 5.78. The molecule has 4 N–H and O–H groups in total. The van der Waals surface area contributed by atoms with Gasteiger partial charge >= 0.3 is 18.0 Å². The molecular weight excluding hydrogens is 372 g/mol. The van der Waals surface area contributed by atoms with Crippen LogP contribution in [-0.2, 0) is 14.3 Å². The molecule has 0 saturated heterocycles. The number of carbonyl (C=O) groups is 3. The van der Waals surface area contributed by atoms with Crippen LogP contribution in [0.1, 0.15) is 30.6 Å². The summed E-state index contributed by atoms with van der Waals surface area (Å²) >= 11 is 0. The highest BCUT2D eigenvalue weighted by molar-refractivity contribution is 5.97. The molecule has 0 aromatic heterocycles. The average Bonchev–Trinajstić information content (AvgIpc) is 2.65. The standard InChI is InChI=1S/C17H20N4O7/c1-3-12-14(16(23)27-4-2)13(20-17(24)19-12)8-28-15(22)10-7-9(21(25)26)5-6-11(10)18/h5-7,12H,3-4,8,18H2,1-2H3,(H2,19,20,24). The fourth-order valence-electron chi connectivity index (χ4n) is 2.63. The van der Waals surface area contributed by atoms with Crippen LogP contribution in [0, 0.1) is 10.1 Å². The number of nitro benzene ring substituents is 1. The summed E-state index contributed by atoms with van der Waals surface area (Å²) in [5.41, 5.74) is 5.38. The molecule has 1 unspecified atom stereocenters. The third kappa shape index (κ3) is 4.55. The lowest BCUT2D eigenvalue weighted by Crippen LogP contribution is -2.51. The molecule has 1 aliphatic rings. The van der Waals surface area contributed by atoms with Crippen LogP contribution in [0.4, 0.5) is 16.2 Å². The Morgan fingerprint density at radius 2 is 1.96 bits per heavy atom. The van der Waals surface area contributed by atoms with Crippen LogP contribution in [0.2, 0.25) is 0 Å². The SMILES string of the molecule is CCOC(=O)C1=C(COC(=O)c2cc([N+](=O)[O-])ccc2N)NC(=O)NC1CC. The third-order valence-corrected chi connectivity index (χ3v) is 3.96. The number of esters is 2. The zero-order chi connectivity index (χ0) is 20.8. The van der Waals surface area contributed by atoms with Crippen molar-refractivity contribution >= 4 is 29.3 Å². The molecule has 1 heterocycles. The molecule has 0 aliphatic carbocycles. The number of benzene rings is 1. The Labute approximate surface area is 160 Å². The van der Waals surface area contributed by atoms with E-state index in [0.29, 0.717) is 6.42 Å². The number of amides is 2. The maximum absolute atomic E-state index is 12.3. The van der Waals surface area contributed by atoms with E-state index >= 15 is 0 Å². The topological polar surface area (TPSA) is 163 Å². The Morgan fingerprint density at radius 1 is 1.25 bits per heavy atom. The van der Waals surface area contributed by atoms with E-state index in [4.69, 9.17) is 15.2 Å². The number of nitrogens with one attached hydrogen (secondary N) is 2. The van der Waals surface area contributed by atoms with E-state index in [2.05, 4.69) is 10.6 Å². The van der Waals surface area contributed by atoms with Crippen LogP contribution < -0.4 is 16.4 Å². The van der Waals surface area contributed by atoms with Gasteiger partial charge in [-0.25, -0.2) is 14.4 Å². The van der Waals surface area contributed by atoms with Crippen molar-refractivity contribution in [1.82, 2.24) is 10.6 Å². The van der Waals surface area contributed by atoms with Crippen molar-refractivity contribution in [3.8, 4) is 0 Å². The monoisotopic (exact) mass is 392 g/mol.